The number of hydrogen-bond acceptors (Lipinski definition) is 4. The Morgan fingerprint density at radius 3 is 2.84 bits per heavy atom. The van der Waals surface area contributed by atoms with Crippen LogP contribution in [0.3, 0.4) is 0 Å². The second-order valence-corrected chi connectivity index (χ2v) is 6.51. The molecule has 0 spiro atoms. The van der Waals surface area contributed by atoms with Gasteiger partial charge in [0.1, 0.15) is 0 Å². The Labute approximate surface area is 119 Å². The summed E-state index contributed by atoms with van der Waals surface area (Å²) >= 11 is 1.75. The number of allylic oxidation sites excluding steroid dienone is 2. The third-order valence-electron chi connectivity index (χ3n) is 4.26. The number of hydrogen-bond donors (Lipinski definition) is 1. The fraction of sp³-hybridized carbons (Fsp3) is 0.667. The molecule has 1 N–H and O–H groups in total. The maximum Gasteiger partial charge on any atom is 0.185 e. The molecule has 0 unspecified atom stereocenters. The summed E-state index contributed by atoms with van der Waals surface area (Å²) in [7, 11) is 0. The van der Waals surface area contributed by atoms with E-state index in [1.165, 1.54) is 43.8 Å². The Morgan fingerprint density at radius 2 is 2.16 bits per heavy atom. The van der Waals surface area contributed by atoms with Gasteiger partial charge in [0.15, 0.2) is 5.13 Å². The number of aromatic nitrogens is 1. The minimum absolute atomic E-state index is 0.710. The predicted octanol–water partition coefficient (Wildman–Crippen LogP) is 3.06. The molecule has 104 valence electrons. The van der Waals surface area contributed by atoms with E-state index in [-0.39, 0.29) is 0 Å². The Balaban J connectivity index is 1.39. The van der Waals surface area contributed by atoms with E-state index in [4.69, 9.17) is 0 Å². The summed E-state index contributed by atoms with van der Waals surface area (Å²) < 4.78 is 0. The molecule has 1 aliphatic heterocycles. The number of thiazole rings is 1. The predicted molar refractivity (Wildman–Crippen MR) is 81.8 cm³/mol. The highest BCUT2D eigenvalue weighted by Gasteiger charge is 2.21. The molecule has 1 fully saturated rings. The van der Waals surface area contributed by atoms with Crippen LogP contribution in [0.2, 0.25) is 0 Å². The van der Waals surface area contributed by atoms with Gasteiger partial charge in [-0.05, 0) is 44.6 Å². The molecule has 2 heterocycles. The molecule has 0 bridgehead atoms. The van der Waals surface area contributed by atoms with Crippen LogP contribution in [-0.2, 0) is 0 Å². The molecule has 4 heteroatoms. The van der Waals surface area contributed by atoms with Crippen LogP contribution in [0.15, 0.2) is 23.7 Å². The smallest absolute Gasteiger partial charge is 0.185 e. The largest absolute Gasteiger partial charge is 0.348 e. The zero-order chi connectivity index (χ0) is 12.9. The monoisotopic (exact) mass is 277 g/mol. The van der Waals surface area contributed by atoms with Crippen LogP contribution in [0.25, 0.3) is 0 Å². The van der Waals surface area contributed by atoms with E-state index in [9.17, 15) is 0 Å². The number of piperidine rings is 1. The van der Waals surface area contributed by atoms with Crippen LogP contribution in [0, 0.1) is 5.92 Å². The first-order valence-electron chi connectivity index (χ1n) is 7.44. The lowest BCUT2D eigenvalue weighted by Gasteiger charge is -2.33. The quantitative estimate of drug-likeness (QED) is 0.857. The SMILES string of the molecule is C1=CC[C@@H](CNC2CCN(c3nccs3)CC2)CC1. The highest BCUT2D eigenvalue weighted by molar-refractivity contribution is 7.13. The van der Waals surface area contributed by atoms with Gasteiger partial charge in [0.25, 0.3) is 0 Å². The van der Waals surface area contributed by atoms with Crippen molar-refractivity contribution in [2.75, 3.05) is 24.5 Å². The van der Waals surface area contributed by atoms with Crippen molar-refractivity contribution in [1.29, 1.82) is 0 Å². The van der Waals surface area contributed by atoms with Gasteiger partial charge in [0.05, 0.1) is 0 Å². The first-order chi connectivity index (χ1) is 9.42. The van der Waals surface area contributed by atoms with E-state index in [2.05, 4.69) is 32.7 Å². The zero-order valence-corrected chi connectivity index (χ0v) is 12.2. The Kier molecular flexibility index (Phi) is 4.51. The van der Waals surface area contributed by atoms with Gasteiger partial charge >= 0.3 is 0 Å². The Bertz CT molecular complexity index is 394. The maximum absolute atomic E-state index is 4.40. The summed E-state index contributed by atoms with van der Waals surface area (Å²) in [5, 5.41) is 7.04. The van der Waals surface area contributed by atoms with Crippen LogP contribution in [0.5, 0.6) is 0 Å². The van der Waals surface area contributed by atoms with E-state index in [0.717, 1.165) is 19.0 Å². The van der Waals surface area contributed by atoms with Gasteiger partial charge in [0, 0.05) is 30.7 Å². The minimum atomic E-state index is 0.710. The first kappa shape index (κ1) is 13.1. The standard InChI is InChI=1S/C15H23N3S/c1-2-4-13(5-3-1)12-17-14-6-9-18(10-7-14)15-16-8-11-19-15/h1-2,8,11,13-14,17H,3-7,9-10,12H2/t13-/m1/s1. The molecule has 3 nitrogen and oxygen atoms in total. The minimum Gasteiger partial charge on any atom is -0.348 e. The van der Waals surface area contributed by atoms with E-state index in [0.29, 0.717) is 6.04 Å². The third-order valence-corrected chi connectivity index (χ3v) is 5.09. The highest BCUT2D eigenvalue weighted by Crippen LogP contribution is 2.22. The van der Waals surface area contributed by atoms with Gasteiger partial charge in [-0.2, -0.15) is 0 Å². The van der Waals surface area contributed by atoms with Crippen LogP contribution in [0.1, 0.15) is 32.1 Å². The van der Waals surface area contributed by atoms with Crippen LogP contribution in [-0.4, -0.2) is 30.7 Å². The van der Waals surface area contributed by atoms with Crippen molar-refractivity contribution in [2.24, 2.45) is 5.92 Å². The lowest BCUT2D eigenvalue weighted by atomic mass is 9.93. The van der Waals surface area contributed by atoms with Crippen molar-refractivity contribution < 1.29 is 0 Å². The van der Waals surface area contributed by atoms with Crippen molar-refractivity contribution >= 4 is 16.5 Å². The molecule has 0 radical (unpaired) electrons. The molecular formula is C15H23N3S. The molecule has 2 aliphatic rings. The fourth-order valence-corrected chi connectivity index (χ4v) is 3.72. The van der Waals surface area contributed by atoms with Gasteiger partial charge in [-0.15, -0.1) is 11.3 Å². The lowest BCUT2D eigenvalue weighted by molar-refractivity contribution is 0.361. The molecule has 1 aromatic heterocycles. The number of nitrogens with one attached hydrogen (secondary N) is 1. The molecule has 1 aliphatic carbocycles. The summed E-state index contributed by atoms with van der Waals surface area (Å²) in [5.41, 5.74) is 0. The third kappa shape index (κ3) is 3.57. The van der Waals surface area contributed by atoms with Crippen molar-refractivity contribution in [3.8, 4) is 0 Å². The van der Waals surface area contributed by atoms with Crippen LogP contribution < -0.4 is 10.2 Å². The summed E-state index contributed by atoms with van der Waals surface area (Å²) in [6.45, 7) is 3.50. The van der Waals surface area contributed by atoms with Gasteiger partial charge in [0.2, 0.25) is 0 Å². The van der Waals surface area contributed by atoms with Crippen molar-refractivity contribution in [2.45, 2.75) is 38.1 Å². The number of anilines is 1. The highest BCUT2D eigenvalue weighted by atomic mass is 32.1. The number of nitrogens with zero attached hydrogens (tertiary/aromatic N) is 2. The summed E-state index contributed by atoms with van der Waals surface area (Å²) in [4.78, 5) is 6.82. The van der Waals surface area contributed by atoms with E-state index >= 15 is 0 Å². The fourth-order valence-electron chi connectivity index (χ4n) is 3.02. The van der Waals surface area contributed by atoms with E-state index in [1.54, 1.807) is 11.3 Å². The second-order valence-electron chi connectivity index (χ2n) is 5.63. The molecular weight excluding hydrogens is 254 g/mol. The normalized spacial score (nSPS) is 24.8. The van der Waals surface area contributed by atoms with E-state index in [1.807, 2.05) is 6.20 Å². The molecule has 19 heavy (non-hydrogen) atoms. The van der Waals surface area contributed by atoms with Crippen molar-refractivity contribution in [3.63, 3.8) is 0 Å². The Hall–Kier alpha value is -0.870. The van der Waals surface area contributed by atoms with Crippen LogP contribution >= 0.6 is 11.3 Å². The Morgan fingerprint density at radius 1 is 1.26 bits per heavy atom. The topological polar surface area (TPSA) is 28.2 Å². The van der Waals surface area contributed by atoms with Gasteiger partial charge in [-0.1, -0.05) is 12.2 Å². The van der Waals surface area contributed by atoms with Gasteiger partial charge in [-0.3, -0.25) is 0 Å². The molecule has 1 atom stereocenters. The maximum atomic E-state index is 4.40. The summed E-state index contributed by atoms with van der Waals surface area (Å²) in [5.74, 6) is 0.863. The molecule has 0 amide bonds. The molecule has 3 rings (SSSR count). The van der Waals surface area contributed by atoms with Gasteiger partial charge < -0.3 is 10.2 Å². The molecule has 0 saturated carbocycles. The first-order valence-corrected chi connectivity index (χ1v) is 8.32. The second kappa shape index (κ2) is 6.53. The van der Waals surface area contributed by atoms with Crippen molar-refractivity contribution in [3.05, 3.63) is 23.7 Å². The van der Waals surface area contributed by atoms with E-state index < -0.39 is 0 Å². The average molecular weight is 277 g/mol. The van der Waals surface area contributed by atoms with Gasteiger partial charge in [-0.25, -0.2) is 4.98 Å². The molecule has 1 saturated heterocycles. The van der Waals surface area contributed by atoms with Crippen LogP contribution in [0.4, 0.5) is 5.13 Å². The lowest BCUT2D eigenvalue weighted by Crippen LogP contribution is -2.44. The molecule has 1 aromatic rings. The average Bonchev–Trinajstić information content (AvgIpc) is 3.01. The number of rotatable bonds is 4. The van der Waals surface area contributed by atoms with Crippen molar-refractivity contribution in [1.82, 2.24) is 10.3 Å². The zero-order valence-electron chi connectivity index (χ0n) is 11.4. The summed E-state index contributed by atoms with van der Waals surface area (Å²) in [6.07, 6.45) is 13.0. The molecule has 0 aromatic carbocycles. The summed E-state index contributed by atoms with van der Waals surface area (Å²) in [6, 6.07) is 0.710.